The van der Waals surface area contributed by atoms with Crippen LogP contribution in [0.25, 0.3) is 0 Å². The zero-order chi connectivity index (χ0) is 13.5. The van der Waals surface area contributed by atoms with E-state index in [-0.39, 0.29) is 18.0 Å². The summed E-state index contributed by atoms with van der Waals surface area (Å²) in [5, 5.41) is 4.00. The molecule has 0 heterocycles. The van der Waals surface area contributed by atoms with Crippen molar-refractivity contribution in [2.75, 3.05) is 13.7 Å². The first kappa shape index (κ1) is 15.4. The van der Waals surface area contributed by atoms with Crippen molar-refractivity contribution in [3.05, 3.63) is 34.6 Å². The van der Waals surface area contributed by atoms with Gasteiger partial charge in [0.15, 0.2) is 0 Å². The first-order valence-electron chi connectivity index (χ1n) is 6.26. The number of benzene rings is 1. The zero-order valence-electron chi connectivity index (χ0n) is 11.2. The summed E-state index contributed by atoms with van der Waals surface area (Å²) in [4.78, 5) is 0. The van der Waals surface area contributed by atoms with Crippen LogP contribution in [0, 0.1) is 5.82 Å². The van der Waals surface area contributed by atoms with Gasteiger partial charge >= 0.3 is 0 Å². The number of halogens is 2. The molecule has 0 saturated heterocycles. The van der Waals surface area contributed by atoms with Crippen LogP contribution in [-0.4, -0.2) is 25.8 Å². The van der Waals surface area contributed by atoms with Crippen molar-refractivity contribution < 1.29 is 9.13 Å². The lowest BCUT2D eigenvalue weighted by Gasteiger charge is -2.21. The summed E-state index contributed by atoms with van der Waals surface area (Å²) >= 11 is 6.09. The lowest BCUT2D eigenvalue weighted by atomic mass is 10.0. The topological polar surface area (TPSA) is 21.3 Å². The molecule has 0 aliphatic rings. The molecule has 0 aliphatic carbocycles. The van der Waals surface area contributed by atoms with E-state index >= 15 is 0 Å². The zero-order valence-corrected chi connectivity index (χ0v) is 11.9. The summed E-state index contributed by atoms with van der Waals surface area (Å²) < 4.78 is 18.5. The number of nitrogens with one attached hydrogen (secondary N) is 1. The molecule has 0 aliphatic heterocycles. The van der Waals surface area contributed by atoms with Gasteiger partial charge in [0.1, 0.15) is 5.82 Å². The van der Waals surface area contributed by atoms with Crippen LogP contribution in [0.15, 0.2) is 18.2 Å². The monoisotopic (exact) mass is 273 g/mol. The predicted molar refractivity (Wildman–Crippen MR) is 73.7 cm³/mol. The van der Waals surface area contributed by atoms with E-state index in [2.05, 4.69) is 12.2 Å². The van der Waals surface area contributed by atoms with Gasteiger partial charge in [-0.05, 0) is 50.1 Å². The van der Waals surface area contributed by atoms with Gasteiger partial charge in [0.2, 0.25) is 0 Å². The van der Waals surface area contributed by atoms with Crippen molar-refractivity contribution in [1.82, 2.24) is 5.32 Å². The standard InChI is InChI=1S/C14H21ClFNO/c1-4-17-13(7-10(2)18-3)9-11-8-12(16)5-6-14(11)15/h5-6,8,10,13,17H,4,7,9H2,1-3H3. The van der Waals surface area contributed by atoms with E-state index in [1.807, 2.05) is 6.92 Å². The van der Waals surface area contributed by atoms with Gasteiger partial charge in [0.05, 0.1) is 6.10 Å². The third kappa shape index (κ3) is 4.92. The Kier molecular flexibility index (Phi) is 6.61. The lowest BCUT2D eigenvalue weighted by molar-refractivity contribution is 0.101. The number of hydrogen-bond acceptors (Lipinski definition) is 2. The Bertz CT molecular complexity index is 373. The maximum Gasteiger partial charge on any atom is 0.123 e. The van der Waals surface area contributed by atoms with E-state index in [9.17, 15) is 4.39 Å². The maximum atomic E-state index is 13.2. The SMILES string of the molecule is CCNC(Cc1cc(F)ccc1Cl)CC(C)OC. The summed E-state index contributed by atoms with van der Waals surface area (Å²) in [6, 6.07) is 4.73. The Morgan fingerprint density at radius 3 is 2.78 bits per heavy atom. The number of methoxy groups -OCH3 is 1. The smallest absolute Gasteiger partial charge is 0.123 e. The quantitative estimate of drug-likeness (QED) is 0.822. The number of likely N-dealkylation sites (N-methyl/N-ethyl adjacent to an activating group) is 1. The van der Waals surface area contributed by atoms with Crippen LogP contribution in [0.2, 0.25) is 5.02 Å². The molecule has 0 aromatic heterocycles. The van der Waals surface area contributed by atoms with E-state index < -0.39 is 0 Å². The van der Waals surface area contributed by atoms with Crippen LogP contribution in [0.3, 0.4) is 0 Å². The van der Waals surface area contributed by atoms with E-state index in [0.29, 0.717) is 11.4 Å². The Morgan fingerprint density at radius 2 is 2.17 bits per heavy atom. The summed E-state index contributed by atoms with van der Waals surface area (Å²) in [6.45, 7) is 4.95. The predicted octanol–water partition coefficient (Wildman–Crippen LogP) is 3.42. The molecule has 2 nitrogen and oxygen atoms in total. The molecule has 0 fully saturated rings. The second kappa shape index (κ2) is 7.72. The summed E-state index contributed by atoms with van der Waals surface area (Å²) in [5.74, 6) is -0.246. The van der Waals surface area contributed by atoms with Crippen LogP contribution in [-0.2, 0) is 11.2 Å². The highest BCUT2D eigenvalue weighted by molar-refractivity contribution is 6.31. The van der Waals surface area contributed by atoms with Crippen LogP contribution >= 0.6 is 11.6 Å². The Morgan fingerprint density at radius 1 is 1.44 bits per heavy atom. The van der Waals surface area contributed by atoms with Crippen LogP contribution in [0.1, 0.15) is 25.8 Å². The van der Waals surface area contributed by atoms with Crippen molar-refractivity contribution in [3.63, 3.8) is 0 Å². The molecule has 1 aromatic rings. The third-order valence-corrected chi connectivity index (χ3v) is 3.35. The second-order valence-electron chi connectivity index (χ2n) is 4.48. The lowest BCUT2D eigenvalue weighted by Crippen LogP contribution is -2.34. The van der Waals surface area contributed by atoms with E-state index in [1.165, 1.54) is 12.1 Å². The molecule has 0 amide bonds. The minimum atomic E-state index is -0.246. The number of hydrogen-bond donors (Lipinski definition) is 1. The molecule has 4 heteroatoms. The van der Waals surface area contributed by atoms with Gasteiger partial charge in [-0.3, -0.25) is 0 Å². The van der Waals surface area contributed by atoms with Crippen LogP contribution < -0.4 is 5.32 Å². The van der Waals surface area contributed by atoms with E-state index in [4.69, 9.17) is 16.3 Å². The molecule has 1 rings (SSSR count). The minimum absolute atomic E-state index is 0.168. The molecule has 0 spiro atoms. The summed E-state index contributed by atoms with van der Waals surface area (Å²) in [7, 11) is 1.70. The third-order valence-electron chi connectivity index (χ3n) is 2.99. The molecular formula is C14H21ClFNO. The molecule has 2 unspecified atom stereocenters. The fraction of sp³-hybridized carbons (Fsp3) is 0.571. The molecule has 18 heavy (non-hydrogen) atoms. The molecular weight excluding hydrogens is 253 g/mol. The first-order chi connectivity index (χ1) is 8.56. The molecule has 102 valence electrons. The molecule has 0 radical (unpaired) electrons. The highest BCUT2D eigenvalue weighted by Gasteiger charge is 2.14. The van der Waals surface area contributed by atoms with Gasteiger partial charge in [-0.1, -0.05) is 18.5 Å². The van der Waals surface area contributed by atoms with Gasteiger partial charge in [-0.15, -0.1) is 0 Å². The maximum absolute atomic E-state index is 13.2. The van der Waals surface area contributed by atoms with E-state index in [0.717, 1.165) is 18.5 Å². The summed E-state index contributed by atoms with van der Waals surface area (Å²) in [5.41, 5.74) is 0.839. The molecule has 2 atom stereocenters. The van der Waals surface area contributed by atoms with E-state index in [1.54, 1.807) is 13.2 Å². The fourth-order valence-electron chi connectivity index (χ4n) is 1.99. The van der Waals surface area contributed by atoms with Crippen molar-refractivity contribution in [2.45, 2.75) is 38.8 Å². The average molecular weight is 274 g/mol. The Hall–Kier alpha value is -0.640. The molecule has 1 N–H and O–H groups in total. The number of ether oxygens (including phenoxy) is 1. The average Bonchev–Trinajstić information content (AvgIpc) is 2.34. The Labute approximate surface area is 113 Å². The molecule has 1 aromatic carbocycles. The number of rotatable bonds is 7. The first-order valence-corrected chi connectivity index (χ1v) is 6.64. The normalized spacial score (nSPS) is 14.5. The van der Waals surface area contributed by atoms with Crippen molar-refractivity contribution in [3.8, 4) is 0 Å². The second-order valence-corrected chi connectivity index (χ2v) is 4.88. The van der Waals surface area contributed by atoms with Gasteiger partial charge in [-0.25, -0.2) is 4.39 Å². The largest absolute Gasteiger partial charge is 0.382 e. The minimum Gasteiger partial charge on any atom is -0.382 e. The van der Waals surface area contributed by atoms with Crippen LogP contribution in [0.4, 0.5) is 4.39 Å². The fourth-order valence-corrected chi connectivity index (χ4v) is 2.18. The van der Waals surface area contributed by atoms with Crippen molar-refractivity contribution >= 4 is 11.6 Å². The highest BCUT2D eigenvalue weighted by atomic mass is 35.5. The van der Waals surface area contributed by atoms with Crippen molar-refractivity contribution in [1.29, 1.82) is 0 Å². The van der Waals surface area contributed by atoms with Gasteiger partial charge in [0.25, 0.3) is 0 Å². The van der Waals surface area contributed by atoms with Gasteiger partial charge in [-0.2, -0.15) is 0 Å². The molecule has 0 saturated carbocycles. The Balaban J connectivity index is 2.72. The van der Waals surface area contributed by atoms with Gasteiger partial charge in [0, 0.05) is 18.2 Å². The van der Waals surface area contributed by atoms with Crippen LogP contribution in [0.5, 0.6) is 0 Å². The summed E-state index contributed by atoms with van der Waals surface area (Å²) in [6.07, 6.45) is 1.75. The highest BCUT2D eigenvalue weighted by Crippen LogP contribution is 2.20. The van der Waals surface area contributed by atoms with Gasteiger partial charge < -0.3 is 10.1 Å². The molecule has 0 bridgehead atoms. The van der Waals surface area contributed by atoms with Crippen molar-refractivity contribution in [2.24, 2.45) is 0 Å².